The Hall–Kier alpha value is 0.660. The van der Waals surface area contributed by atoms with Gasteiger partial charge in [0.1, 0.15) is 6.10 Å². The summed E-state index contributed by atoms with van der Waals surface area (Å²) in [5.41, 5.74) is 1.41. The molecule has 2 aliphatic rings. The molecule has 0 bridgehead atoms. The number of halogens is 2. The molecule has 0 N–H and O–H groups in total. The molecule has 0 amide bonds. The van der Waals surface area contributed by atoms with E-state index in [4.69, 9.17) is 4.74 Å². The summed E-state index contributed by atoms with van der Waals surface area (Å²) in [4.78, 5) is 0. The van der Waals surface area contributed by atoms with Crippen molar-refractivity contribution >= 4 is 31.9 Å². The van der Waals surface area contributed by atoms with E-state index < -0.39 is 0 Å². The van der Waals surface area contributed by atoms with Crippen molar-refractivity contribution in [1.82, 2.24) is 0 Å². The zero-order chi connectivity index (χ0) is 7.14. The van der Waals surface area contributed by atoms with Gasteiger partial charge in [-0.1, -0.05) is 0 Å². The SMILES string of the molecule is BrC(Br)=C1CCCC2OC12. The van der Waals surface area contributed by atoms with Gasteiger partial charge in [0.2, 0.25) is 0 Å². The second-order valence-corrected chi connectivity index (χ2v) is 5.42. The van der Waals surface area contributed by atoms with Gasteiger partial charge in [-0.2, -0.15) is 0 Å². The first-order valence-electron chi connectivity index (χ1n) is 3.48. The third-order valence-corrected chi connectivity index (χ3v) is 3.12. The Balaban J connectivity index is 2.16. The molecule has 2 atom stereocenters. The van der Waals surface area contributed by atoms with Gasteiger partial charge in [-0.05, 0) is 56.7 Å². The normalized spacial score (nSPS) is 37.2. The van der Waals surface area contributed by atoms with E-state index in [-0.39, 0.29) is 0 Å². The zero-order valence-electron chi connectivity index (χ0n) is 5.44. The van der Waals surface area contributed by atoms with E-state index in [9.17, 15) is 0 Å². The summed E-state index contributed by atoms with van der Waals surface area (Å²) in [5.74, 6) is 0. The van der Waals surface area contributed by atoms with Crippen molar-refractivity contribution in [1.29, 1.82) is 0 Å². The minimum Gasteiger partial charge on any atom is -0.365 e. The number of hydrogen-bond acceptors (Lipinski definition) is 1. The molecule has 2 unspecified atom stereocenters. The summed E-state index contributed by atoms with van der Waals surface area (Å²) in [6.07, 6.45) is 4.71. The van der Waals surface area contributed by atoms with Gasteiger partial charge in [0.05, 0.1) is 9.50 Å². The van der Waals surface area contributed by atoms with E-state index in [0.717, 1.165) is 3.39 Å². The van der Waals surface area contributed by atoms with Crippen LogP contribution in [0.4, 0.5) is 0 Å². The average Bonchev–Trinajstić information content (AvgIpc) is 2.63. The van der Waals surface area contributed by atoms with E-state index in [1.807, 2.05) is 0 Å². The highest BCUT2D eigenvalue weighted by atomic mass is 79.9. The lowest BCUT2D eigenvalue weighted by atomic mass is 9.97. The van der Waals surface area contributed by atoms with Crippen LogP contribution in [-0.2, 0) is 4.74 Å². The molecule has 0 spiro atoms. The molecule has 10 heavy (non-hydrogen) atoms. The summed E-state index contributed by atoms with van der Waals surface area (Å²) in [7, 11) is 0. The Bertz CT molecular complexity index is 184. The van der Waals surface area contributed by atoms with E-state index in [1.165, 1.54) is 24.8 Å². The molecule has 1 saturated heterocycles. The first-order valence-corrected chi connectivity index (χ1v) is 5.07. The van der Waals surface area contributed by atoms with Crippen molar-refractivity contribution in [2.75, 3.05) is 0 Å². The second-order valence-electron chi connectivity index (χ2n) is 2.77. The van der Waals surface area contributed by atoms with Gasteiger partial charge in [0, 0.05) is 0 Å². The third kappa shape index (κ3) is 1.19. The van der Waals surface area contributed by atoms with Crippen molar-refractivity contribution in [3.63, 3.8) is 0 Å². The molecule has 56 valence electrons. The van der Waals surface area contributed by atoms with E-state index >= 15 is 0 Å². The molecule has 2 fully saturated rings. The number of epoxide rings is 1. The molecule has 0 aromatic heterocycles. The molecular formula is C7H8Br2O. The predicted octanol–water partition coefficient (Wildman–Crippen LogP) is 2.94. The van der Waals surface area contributed by atoms with Gasteiger partial charge in [0.25, 0.3) is 0 Å². The molecule has 1 nitrogen and oxygen atoms in total. The fraction of sp³-hybridized carbons (Fsp3) is 0.714. The topological polar surface area (TPSA) is 12.5 Å². The number of hydrogen-bond donors (Lipinski definition) is 0. The fourth-order valence-electron chi connectivity index (χ4n) is 1.51. The van der Waals surface area contributed by atoms with Crippen LogP contribution in [0.25, 0.3) is 0 Å². The van der Waals surface area contributed by atoms with Crippen LogP contribution in [0, 0.1) is 0 Å². The lowest BCUT2D eigenvalue weighted by Gasteiger charge is -2.08. The fourth-order valence-corrected chi connectivity index (χ4v) is 2.35. The van der Waals surface area contributed by atoms with Gasteiger partial charge in [0.15, 0.2) is 0 Å². The van der Waals surface area contributed by atoms with Crippen molar-refractivity contribution in [3.05, 3.63) is 8.96 Å². The molecule has 0 aromatic carbocycles. The van der Waals surface area contributed by atoms with Crippen LogP contribution in [0.3, 0.4) is 0 Å². The largest absolute Gasteiger partial charge is 0.365 e. The molecule has 1 aliphatic heterocycles. The molecule has 0 radical (unpaired) electrons. The molecule has 1 saturated carbocycles. The van der Waals surface area contributed by atoms with Crippen LogP contribution >= 0.6 is 31.9 Å². The van der Waals surface area contributed by atoms with Crippen LogP contribution < -0.4 is 0 Å². The molecule has 1 heterocycles. The van der Waals surface area contributed by atoms with Crippen molar-refractivity contribution in [2.45, 2.75) is 31.5 Å². The molecule has 1 aliphatic carbocycles. The van der Waals surface area contributed by atoms with Crippen molar-refractivity contribution < 1.29 is 4.74 Å². The number of rotatable bonds is 0. The Morgan fingerprint density at radius 3 is 2.90 bits per heavy atom. The Kier molecular flexibility index (Phi) is 1.91. The Morgan fingerprint density at radius 1 is 1.50 bits per heavy atom. The van der Waals surface area contributed by atoms with Crippen LogP contribution in [0.15, 0.2) is 8.96 Å². The first kappa shape index (κ1) is 7.32. The zero-order valence-corrected chi connectivity index (χ0v) is 8.61. The Morgan fingerprint density at radius 2 is 2.30 bits per heavy atom. The van der Waals surface area contributed by atoms with Gasteiger partial charge in [-0.3, -0.25) is 0 Å². The number of ether oxygens (including phenoxy) is 1. The number of fused-ring (bicyclic) bond motifs is 1. The van der Waals surface area contributed by atoms with Crippen molar-refractivity contribution in [3.8, 4) is 0 Å². The highest BCUT2D eigenvalue weighted by molar-refractivity contribution is 9.28. The standard InChI is InChI=1S/C7H8Br2O/c8-7(9)4-2-1-3-5-6(4)10-5/h5-6H,1-3H2. The third-order valence-electron chi connectivity index (χ3n) is 2.10. The Labute approximate surface area is 77.1 Å². The monoisotopic (exact) mass is 266 g/mol. The van der Waals surface area contributed by atoms with E-state index in [2.05, 4.69) is 31.9 Å². The smallest absolute Gasteiger partial charge is 0.107 e. The molecular weight excluding hydrogens is 260 g/mol. The predicted molar refractivity (Wildman–Crippen MR) is 47.4 cm³/mol. The molecule has 0 aromatic rings. The minimum absolute atomic E-state index is 0.447. The van der Waals surface area contributed by atoms with E-state index in [1.54, 1.807) is 0 Å². The van der Waals surface area contributed by atoms with Crippen LogP contribution in [0.1, 0.15) is 19.3 Å². The van der Waals surface area contributed by atoms with Crippen LogP contribution in [0.2, 0.25) is 0 Å². The maximum atomic E-state index is 5.43. The van der Waals surface area contributed by atoms with Crippen LogP contribution in [-0.4, -0.2) is 12.2 Å². The highest BCUT2D eigenvalue weighted by Gasteiger charge is 2.44. The lowest BCUT2D eigenvalue weighted by molar-refractivity contribution is 0.384. The van der Waals surface area contributed by atoms with E-state index in [0.29, 0.717) is 12.2 Å². The van der Waals surface area contributed by atoms with Crippen molar-refractivity contribution in [2.24, 2.45) is 0 Å². The van der Waals surface area contributed by atoms with Gasteiger partial charge < -0.3 is 4.74 Å². The maximum absolute atomic E-state index is 5.43. The second kappa shape index (κ2) is 2.61. The van der Waals surface area contributed by atoms with Gasteiger partial charge in [-0.25, -0.2) is 0 Å². The minimum atomic E-state index is 0.447. The van der Waals surface area contributed by atoms with Gasteiger partial charge in [-0.15, -0.1) is 0 Å². The quantitative estimate of drug-likeness (QED) is 0.615. The van der Waals surface area contributed by atoms with Gasteiger partial charge >= 0.3 is 0 Å². The summed E-state index contributed by atoms with van der Waals surface area (Å²) < 4.78 is 6.54. The summed E-state index contributed by atoms with van der Waals surface area (Å²) in [6.45, 7) is 0. The maximum Gasteiger partial charge on any atom is 0.107 e. The summed E-state index contributed by atoms with van der Waals surface area (Å²) in [6, 6.07) is 0. The average molecular weight is 268 g/mol. The van der Waals surface area contributed by atoms with Crippen LogP contribution in [0.5, 0.6) is 0 Å². The molecule has 3 heteroatoms. The first-order chi connectivity index (χ1) is 4.79. The summed E-state index contributed by atoms with van der Waals surface area (Å²) in [5, 5.41) is 0. The molecule has 2 rings (SSSR count). The summed E-state index contributed by atoms with van der Waals surface area (Å²) >= 11 is 6.84. The lowest BCUT2D eigenvalue weighted by Crippen LogP contribution is -2.05. The highest BCUT2D eigenvalue weighted by Crippen LogP contribution is 2.43.